The quantitative estimate of drug-likeness (QED) is 0.778. The van der Waals surface area contributed by atoms with E-state index >= 15 is 0 Å². The Morgan fingerprint density at radius 2 is 1.95 bits per heavy atom. The number of thiophene rings is 1. The zero-order valence-electron chi connectivity index (χ0n) is 11.0. The highest BCUT2D eigenvalue weighted by molar-refractivity contribution is 7.10. The van der Waals surface area contributed by atoms with Crippen molar-refractivity contribution in [2.45, 2.75) is 13.0 Å². The third kappa shape index (κ3) is 3.23. The van der Waals surface area contributed by atoms with Crippen LogP contribution in [0.25, 0.3) is 0 Å². The van der Waals surface area contributed by atoms with Crippen LogP contribution in [0.5, 0.6) is 5.75 Å². The summed E-state index contributed by atoms with van der Waals surface area (Å²) >= 11 is 20.4. The maximum atomic E-state index is 6.36. The molecule has 0 amide bonds. The van der Waals surface area contributed by atoms with Crippen LogP contribution in [0.1, 0.15) is 23.4 Å². The van der Waals surface area contributed by atoms with E-state index in [4.69, 9.17) is 39.5 Å². The van der Waals surface area contributed by atoms with Gasteiger partial charge in [-0.05, 0) is 37.0 Å². The van der Waals surface area contributed by atoms with Gasteiger partial charge in [-0.25, -0.2) is 0 Å². The molecule has 0 radical (unpaired) electrons. The minimum Gasteiger partial charge on any atom is -0.492 e. The molecule has 0 saturated heterocycles. The van der Waals surface area contributed by atoms with E-state index < -0.39 is 0 Å². The zero-order chi connectivity index (χ0) is 14.7. The van der Waals surface area contributed by atoms with Crippen molar-refractivity contribution in [2.24, 2.45) is 0 Å². The van der Waals surface area contributed by atoms with E-state index in [9.17, 15) is 0 Å². The first-order valence-corrected chi connectivity index (χ1v) is 8.11. The van der Waals surface area contributed by atoms with Gasteiger partial charge in [-0.3, -0.25) is 0 Å². The third-order valence-electron chi connectivity index (χ3n) is 2.86. The Bertz CT molecular complexity index is 600. The van der Waals surface area contributed by atoms with Crippen LogP contribution >= 0.6 is 46.1 Å². The lowest BCUT2D eigenvalue weighted by Crippen LogP contribution is -2.17. The number of hydrogen-bond donors (Lipinski definition) is 1. The molecule has 0 fully saturated rings. The number of hydrogen-bond acceptors (Lipinski definition) is 3. The van der Waals surface area contributed by atoms with Crippen molar-refractivity contribution < 1.29 is 4.74 Å². The van der Waals surface area contributed by atoms with E-state index in [1.807, 2.05) is 31.5 Å². The molecule has 108 valence electrons. The number of nitrogens with one attached hydrogen (secondary N) is 1. The highest BCUT2D eigenvalue weighted by Crippen LogP contribution is 2.39. The predicted octanol–water partition coefficient (Wildman–Crippen LogP) is 5.42. The molecule has 20 heavy (non-hydrogen) atoms. The summed E-state index contributed by atoms with van der Waals surface area (Å²) in [6.07, 6.45) is 0. The van der Waals surface area contributed by atoms with E-state index in [0.29, 0.717) is 22.4 Å². The van der Waals surface area contributed by atoms with Gasteiger partial charge in [-0.2, -0.15) is 0 Å². The Labute approximate surface area is 137 Å². The maximum absolute atomic E-state index is 6.36. The van der Waals surface area contributed by atoms with Gasteiger partial charge in [0.15, 0.2) is 0 Å². The molecule has 1 atom stereocenters. The van der Waals surface area contributed by atoms with Crippen LogP contribution in [0.15, 0.2) is 23.6 Å². The molecule has 6 heteroatoms. The van der Waals surface area contributed by atoms with Crippen molar-refractivity contribution in [3.8, 4) is 5.75 Å². The summed E-state index contributed by atoms with van der Waals surface area (Å²) in [5.41, 5.74) is 0.881. The van der Waals surface area contributed by atoms with Crippen molar-refractivity contribution in [3.63, 3.8) is 0 Å². The van der Waals surface area contributed by atoms with Gasteiger partial charge in [0.25, 0.3) is 0 Å². The van der Waals surface area contributed by atoms with E-state index in [2.05, 4.69) is 5.32 Å². The molecular weight excluding hydrogens is 337 g/mol. The average molecular weight is 351 g/mol. The molecule has 0 aliphatic carbocycles. The van der Waals surface area contributed by atoms with Crippen LogP contribution in [0, 0.1) is 0 Å². The molecule has 1 aromatic carbocycles. The second-order valence-electron chi connectivity index (χ2n) is 4.09. The molecule has 0 spiro atoms. The topological polar surface area (TPSA) is 21.3 Å². The highest BCUT2D eigenvalue weighted by Gasteiger charge is 2.21. The standard InChI is InChI=1S/C14H14Cl3NOS/c1-3-19-12-7-10(16)8(6-11(12)17)13(18-2)14-9(15)4-5-20-14/h4-7,13,18H,3H2,1-2H3. The first-order chi connectivity index (χ1) is 9.58. The van der Waals surface area contributed by atoms with Gasteiger partial charge < -0.3 is 10.1 Å². The van der Waals surface area contributed by atoms with Gasteiger partial charge in [-0.1, -0.05) is 34.8 Å². The molecule has 2 rings (SSSR count). The van der Waals surface area contributed by atoms with E-state index in [0.717, 1.165) is 15.5 Å². The number of benzene rings is 1. The average Bonchev–Trinajstić information content (AvgIpc) is 2.83. The lowest BCUT2D eigenvalue weighted by molar-refractivity contribution is 0.340. The van der Waals surface area contributed by atoms with Crippen LogP contribution in [0.3, 0.4) is 0 Å². The Kier molecular flexibility index (Phi) is 5.58. The van der Waals surface area contributed by atoms with Gasteiger partial charge >= 0.3 is 0 Å². The fourth-order valence-electron chi connectivity index (χ4n) is 1.97. The van der Waals surface area contributed by atoms with E-state index in [1.54, 1.807) is 17.4 Å². The summed E-state index contributed by atoms with van der Waals surface area (Å²) in [5.74, 6) is 0.593. The number of halogens is 3. The minimum atomic E-state index is -0.0943. The normalized spacial score (nSPS) is 12.4. The van der Waals surface area contributed by atoms with Crippen LogP contribution in [-0.2, 0) is 0 Å². The Hall–Kier alpha value is -0.450. The minimum absolute atomic E-state index is 0.0943. The van der Waals surface area contributed by atoms with Gasteiger partial charge in [0.1, 0.15) is 5.75 Å². The molecule has 0 saturated carbocycles. The smallest absolute Gasteiger partial charge is 0.139 e. The summed E-state index contributed by atoms with van der Waals surface area (Å²) in [4.78, 5) is 1.01. The second kappa shape index (κ2) is 7.01. The van der Waals surface area contributed by atoms with Crippen LogP contribution in [-0.4, -0.2) is 13.7 Å². The lowest BCUT2D eigenvalue weighted by Gasteiger charge is -2.19. The monoisotopic (exact) mass is 349 g/mol. The van der Waals surface area contributed by atoms with Crippen molar-refractivity contribution in [3.05, 3.63) is 49.1 Å². The molecule has 0 bridgehead atoms. The van der Waals surface area contributed by atoms with E-state index in [-0.39, 0.29) is 6.04 Å². The molecule has 1 unspecified atom stereocenters. The Morgan fingerprint density at radius 3 is 2.50 bits per heavy atom. The Balaban J connectivity index is 2.45. The van der Waals surface area contributed by atoms with E-state index in [1.165, 1.54) is 0 Å². The lowest BCUT2D eigenvalue weighted by atomic mass is 10.1. The zero-order valence-corrected chi connectivity index (χ0v) is 14.1. The van der Waals surface area contributed by atoms with Gasteiger partial charge in [0.05, 0.1) is 22.7 Å². The summed E-state index contributed by atoms with van der Waals surface area (Å²) in [7, 11) is 1.86. The SMILES string of the molecule is CCOc1cc(Cl)c(C(NC)c2sccc2Cl)cc1Cl. The highest BCUT2D eigenvalue weighted by atomic mass is 35.5. The molecule has 1 N–H and O–H groups in total. The number of rotatable bonds is 5. The van der Waals surface area contributed by atoms with Crippen LogP contribution in [0.4, 0.5) is 0 Å². The first kappa shape index (κ1) is 15.9. The third-order valence-corrected chi connectivity index (χ3v) is 4.90. The second-order valence-corrected chi connectivity index (χ2v) is 6.26. The molecule has 0 aliphatic heterocycles. The van der Waals surface area contributed by atoms with Gasteiger partial charge in [0.2, 0.25) is 0 Å². The van der Waals surface area contributed by atoms with Crippen LogP contribution in [0.2, 0.25) is 15.1 Å². The van der Waals surface area contributed by atoms with Crippen molar-refractivity contribution in [2.75, 3.05) is 13.7 Å². The molecule has 2 aromatic rings. The molecular formula is C14H14Cl3NOS. The fraction of sp³-hybridized carbons (Fsp3) is 0.286. The predicted molar refractivity (Wildman–Crippen MR) is 87.9 cm³/mol. The van der Waals surface area contributed by atoms with Crippen molar-refractivity contribution in [1.29, 1.82) is 0 Å². The largest absolute Gasteiger partial charge is 0.492 e. The van der Waals surface area contributed by atoms with Crippen molar-refractivity contribution >= 4 is 46.1 Å². The Morgan fingerprint density at radius 1 is 1.20 bits per heavy atom. The number of ether oxygens (including phenoxy) is 1. The maximum Gasteiger partial charge on any atom is 0.139 e. The summed E-state index contributed by atoms with van der Waals surface area (Å²) in [6.45, 7) is 2.45. The summed E-state index contributed by atoms with van der Waals surface area (Å²) in [5, 5.41) is 7.03. The van der Waals surface area contributed by atoms with Crippen molar-refractivity contribution in [1.82, 2.24) is 5.32 Å². The molecule has 2 nitrogen and oxygen atoms in total. The fourth-order valence-corrected chi connectivity index (χ4v) is 3.75. The summed E-state index contributed by atoms with van der Waals surface area (Å²) < 4.78 is 5.44. The molecule has 1 heterocycles. The first-order valence-electron chi connectivity index (χ1n) is 6.10. The summed E-state index contributed by atoms with van der Waals surface area (Å²) in [6, 6.07) is 5.35. The van der Waals surface area contributed by atoms with Gasteiger partial charge in [-0.15, -0.1) is 11.3 Å². The molecule has 0 aliphatic rings. The van der Waals surface area contributed by atoms with Gasteiger partial charge in [0, 0.05) is 16.0 Å². The van der Waals surface area contributed by atoms with Crippen LogP contribution < -0.4 is 10.1 Å². The molecule has 1 aromatic heterocycles.